The Kier molecular flexibility index (Phi) is 5.59. The number of hydrogen-bond donors (Lipinski definition) is 2. The molecule has 0 aliphatic carbocycles. The molecule has 1 aromatic carbocycles. The zero-order chi connectivity index (χ0) is 15.2. The fraction of sp³-hybridized carbons (Fsp3) is 0.467. The highest BCUT2D eigenvalue weighted by atomic mass is 35.5. The molecule has 1 fully saturated rings. The predicted octanol–water partition coefficient (Wildman–Crippen LogP) is 1.55. The molecule has 0 saturated carbocycles. The van der Waals surface area contributed by atoms with Gasteiger partial charge in [-0.05, 0) is 43.7 Å². The van der Waals surface area contributed by atoms with E-state index in [2.05, 4.69) is 5.32 Å². The molecule has 2 amide bonds. The maximum Gasteiger partial charge on any atom is 0.227 e. The highest BCUT2D eigenvalue weighted by Crippen LogP contribution is 2.26. The fourth-order valence-electron chi connectivity index (χ4n) is 2.38. The number of halogens is 1. The lowest BCUT2D eigenvalue weighted by Gasteiger charge is -2.16. The number of unbranched alkanes of at least 4 members (excludes halogenated alkanes) is 1. The summed E-state index contributed by atoms with van der Waals surface area (Å²) in [5.74, 6) is -0.373. The lowest BCUT2D eigenvalue weighted by molar-refractivity contribution is -0.126. The van der Waals surface area contributed by atoms with Crippen LogP contribution >= 0.6 is 11.6 Å². The smallest absolute Gasteiger partial charge is 0.227 e. The standard InChI is InChI=1S/C15H20ClN3O2/c16-12-3-5-13(6-4-12)19-10-11(9-14(19)20)15(21)18-8-2-1-7-17/h3-6,11H,1-2,7-10,17H2,(H,18,21). The van der Waals surface area contributed by atoms with Crippen LogP contribution in [-0.4, -0.2) is 31.4 Å². The number of amides is 2. The molecule has 6 heteroatoms. The molecule has 1 aromatic rings. The molecule has 5 nitrogen and oxygen atoms in total. The van der Waals surface area contributed by atoms with Crippen LogP contribution in [0.5, 0.6) is 0 Å². The van der Waals surface area contributed by atoms with Crippen molar-refractivity contribution in [3.63, 3.8) is 0 Å². The molecule has 3 N–H and O–H groups in total. The molecule has 1 saturated heterocycles. The Balaban J connectivity index is 1.90. The van der Waals surface area contributed by atoms with Crippen molar-refractivity contribution in [1.29, 1.82) is 0 Å². The summed E-state index contributed by atoms with van der Waals surface area (Å²) in [4.78, 5) is 25.7. The van der Waals surface area contributed by atoms with Gasteiger partial charge in [0.2, 0.25) is 11.8 Å². The Hall–Kier alpha value is -1.59. The fourth-order valence-corrected chi connectivity index (χ4v) is 2.51. The number of nitrogens with zero attached hydrogens (tertiary/aromatic N) is 1. The quantitative estimate of drug-likeness (QED) is 0.783. The molecule has 1 heterocycles. The summed E-state index contributed by atoms with van der Waals surface area (Å²) in [6, 6.07) is 7.07. The summed E-state index contributed by atoms with van der Waals surface area (Å²) < 4.78 is 0. The van der Waals surface area contributed by atoms with Gasteiger partial charge in [0.25, 0.3) is 0 Å². The minimum atomic E-state index is -0.286. The molecule has 21 heavy (non-hydrogen) atoms. The Morgan fingerprint density at radius 2 is 2.05 bits per heavy atom. The van der Waals surface area contributed by atoms with Crippen molar-refractivity contribution in [2.24, 2.45) is 11.7 Å². The van der Waals surface area contributed by atoms with Crippen LogP contribution in [0.2, 0.25) is 5.02 Å². The molecular formula is C15H20ClN3O2. The number of carbonyl (C=O) groups is 2. The molecule has 114 valence electrons. The van der Waals surface area contributed by atoms with Gasteiger partial charge in [0, 0.05) is 30.2 Å². The van der Waals surface area contributed by atoms with Gasteiger partial charge in [-0.3, -0.25) is 9.59 Å². The molecule has 1 aliphatic rings. The van der Waals surface area contributed by atoms with E-state index in [1.54, 1.807) is 29.2 Å². The number of nitrogens with two attached hydrogens (primary N) is 1. The first kappa shape index (κ1) is 15.8. The first-order valence-corrected chi connectivity index (χ1v) is 7.53. The zero-order valence-electron chi connectivity index (χ0n) is 11.8. The van der Waals surface area contributed by atoms with Gasteiger partial charge in [-0.2, -0.15) is 0 Å². The van der Waals surface area contributed by atoms with Gasteiger partial charge in [-0.25, -0.2) is 0 Å². The topological polar surface area (TPSA) is 75.4 Å². The number of carbonyl (C=O) groups excluding carboxylic acids is 2. The zero-order valence-corrected chi connectivity index (χ0v) is 12.6. The van der Waals surface area contributed by atoms with E-state index >= 15 is 0 Å². The van der Waals surface area contributed by atoms with E-state index in [0.717, 1.165) is 18.5 Å². The number of anilines is 1. The van der Waals surface area contributed by atoms with Crippen molar-refractivity contribution >= 4 is 29.1 Å². The second-order valence-corrected chi connectivity index (χ2v) is 5.61. The van der Waals surface area contributed by atoms with Crippen molar-refractivity contribution in [2.45, 2.75) is 19.3 Å². The van der Waals surface area contributed by atoms with Gasteiger partial charge < -0.3 is 16.0 Å². The largest absolute Gasteiger partial charge is 0.356 e. The van der Waals surface area contributed by atoms with E-state index < -0.39 is 0 Å². The van der Waals surface area contributed by atoms with E-state index in [9.17, 15) is 9.59 Å². The average Bonchev–Trinajstić information content (AvgIpc) is 2.86. The van der Waals surface area contributed by atoms with Crippen LogP contribution < -0.4 is 16.0 Å². The molecule has 1 unspecified atom stereocenters. The lowest BCUT2D eigenvalue weighted by Crippen LogP contribution is -2.33. The maximum absolute atomic E-state index is 12.0. The SMILES string of the molecule is NCCCCNC(=O)C1CC(=O)N(c2ccc(Cl)cc2)C1. The number of rotatable bonds is 6. The molecule has 0 radical (unpaired) electrons. The highest BCUT2D eigenvalue weighted by molar-refractivity contribution is 6.30. The highest BCUT2D eigenvalue weighted by Gasteiger charge is 2.34. The molecule has 1 aliphatic heterocycles. The van der Waals surface area contributed by atoms with Crippen LogP contribution in [0.15, 0.2) is 24.3 Å². The van der Waals surface area contributed by atoms with Gasteiger partial charge in [0.15, 0.2) is 0 Å². The molecule has 0 spiro atoms. The molecule has 1 atom stereocenters. The minimum Gasteiger partial charge on any atom is -0.356 e. The Bertz CT molecular complexity index is 504. The van der Waals surface area contributed by atoms with Crippen molar-refractivity contribution in [1.82, 2.24) is 5.32 Å². The number of benzene rings is 1. The van der Waals surface area contributed by atoms with Crippen LogP contribution in [0.1, 0.15) is 19.3 Å². The third-order valence-electron chi connectivity index (χ3n) is 3.56. The van der Waals surface area contributed by atoms with Crippen molar-refractivity contribution in [3.8, 4) is 0 Å². The Morgan fingerprint density at radius 3 is 2.71 bits per heavy atom. The van der Waals surface area contributed by atoms with E-state index in [4.69, 9.17) is 17.3 Å². The maximum atomic E-state index is 12.0. The lowest BCUT2D eigenvalue weighted by atomic mass is 10.1. The van der Waals surface area contributed by atoms with Crippen molar-refractivity contribution in [2.75, 3.05) is 24.5 Å². The van der Waals surface area contributed by atoms with E-state index in [1.807, 2.05) is 0 Å². The summed E-state index contributed by atoms with van der Waals surface area (Å²) >= 11 is 5.84. The van der Waals surface area contributed by atoms with Crippen LogP contribution in [0.4, 0.5) is 5.69 Å². The van der Waals surface area contributed by atoms with E-state index in [0.29, 0.717) is 24.7 Å². The van der Waals surface area contributed by atoms with Crippen molar-refractivity contribution < 1.29 is 9.59 Å². The first-order valence-electron chi connectivity index (χ1n) is 7.15. The molecule has 0 bridgehead atoms. The van der Waals surface area contributed by atoms with Crippen LogP contribution in [0.3, 0.4) is 0 Å². The third kappa shape index (κ3) is 4.19. The predicted molar refractivity (Wildman–Crippen MR) is 83.2 cm³/mol. The van der Waals surface area contributed by atoms with Gasteiger partial charge in [0.05, 0.1) is 5.92 Å². The van der Waals surface area contributed by atoms with Gasteiger partial charge in [-0.15, -0.1) is 0 Å². The summed E-state index contributed by atoms with van der Waals surface area (Å²) in [6.45, 7) is 1.66. The average molecular weight is 310 g/mol. The molecular weight excluding hydrogens is 290 g/mol. The number of hydrogen-bond acceptors (Lipinski definition) is 3. The van der Waals surface area contributed by atoms with Gasteiger partial charge >= 0.3 is 0 Å². The Morgan fingerprint density at radius 1 is 1.33 bits per heavy atom. The summed E-state index contributed by atoms with van der Waals surface area (Å²) in [5.41, 5.74) is 6.19. The second kappa shape index (κ2) is 7.43. The monoisotopic (exact) mass is 309 g/mol. The second-order valence-electron chi connectivity index (χ2n) is 5.17. The van der Waals surface area contributed by atoms with Crippen molar-refractivity contribution in [3.05, 3.63) is 29.3 Å². The van der Waals surface area contributed by atoms with Gasteiger partial charge in [0.1, 0.15) is 0 Å². The van der Waals surface area contributed by atoms with Crippen LogP contribution in [0, 0.1) is 5.92 Å². The van der Waals surface area contributed by atoms with Crippen LogP contribution in [0.25, 0.3) is 0 Å². The van der Waals surface area contributed by atoms with E-state index in [1.165, 1.54) is 0 Å². The molecule has 0 aromatic heterocycles. The third-order valence-corrected chi connectivity index (χ3v) is 3.82. The normalized spacial score (nSPS) is 18.1. The van der Waals surface area contributed by atoms with Crippen LogP contribution in [-0.2, 0) is 9.59 Å². The minimum absolute atomic E-state index is 0.0283. The summed E-state index contributed by atoms with van der Waals surface area (Å²) in [7, 11) is 0. The van der Waals surface area contributed by atoms with E-state index in [-0.39, 0.29) is 24.2 Å². The summed E-state index contributed by atoms with van der Waals surface area (Å²) in [5, 5.41) is 3.49. The Labute approximate surface area is 129 Å². The number of nitrogens with one attached hydrogen (secondary N) is 1. The van der Waals surface area contributed by atoms with Gasteiger partial charge in [-0.1, -0.05) is 11.6 Å². The molecule has 2 rings (SSSR count). The first-order chi connectivity index (χ1) is 10.1. The summed E-state index contributed by atoms with van der Waals surface area (Å²) in [6.07, 6.45) is 2.01.